The number of nitrogens with zero attached hydrogens (tertiary/aromatic N) is 3. The summed E-state index contributed by atoms with van der Waals surface area (Å²) in [4.78, 5) is 21.4. The van der Waals surface area contributed by atoms with Crippen molar-refractivity contribution in [3.63, 3.8) is 0 Å². The Balaban J connectivity index is 1.49. The van der Waals surface area contributed by atoms with E-state index >= 15 is 0 Å². The summed E-state index contributed by atoms with van der Waals surface area (Å²) < 4.78 is 1.88. The van der Waals surface area contributed by atoms with Gasteiger partial charge in [-0.1, -0.05) is 42.5 Å². The Kier molecular flexibility index (Phi) is 4.03. The summed E-state index contributed by atoms with van der Waals surface area (Å²) in [7, 11) is 1.89. The van der Waals surface area contributed by atoms with E-state index in [2.05, 4.69) is 15.3 Å². The van der Waals surface area contributed by atoms with Crippen LogP contribution in [0, 0.1) is 0 Å². The van der Waals surface area contributed by atoms with E-state index in [1.807, 2.05) is 71.6 Å². The molecule has 0 saturated carbocycles. The van der Waals surface area contributed by atoms with Crippen molar-refractivity contribution in [1.82, 2.24) is 14.5 Å². The molecule has 25 heavy (non-hydrogen) atoms. The number of fused-ring (bicyclic) bond motifs is 1. The fourth-order valence-corrected chi connectivity index (χ4v) is 3.52. The van der Waals surface area contributed by atoms with Crippen molar-refractivity contribution in [2.45, 2.75) is 6.42 Å². The van der Waals surface area contributed by atoms with Crippen LogP contribution in [0.3, 0.4) is 0 Å². The lowest BCUT2D eigenvalue weighted by atomic mass is 10.2. The number of carbonyl (C=O) groups excluding carboxylic acids is 1. The lowest BCUT2D eigenvalue weighted by molar-refractivity contribution is -0.115. The highest BCUT2D eigenvalue weighted by Gasteiger charge is 2.13. The lowest BCUT2D eigenvalue weighted by Crippen LogP contribution is -2.17. The van der Waals surface area contributed by atoms with E-state index in [0.717, 1.165) is 27.3 Å². The van der Waals surface area contributed by atoms with Crippen LogP contribution in [0.1, 0.15) is 5.69 Å². The SMILES string of the molecule is Cn1c(NC(=O)Cc2csc(-c3ccccc3)n2)nc2ccccc21. The highest BCUT2D eigenvalue weighted by atomic mass is 32.1. The molecule has 2 heterocycles. The van der Waals surface area contributed by atoms with E-state index in [0.29, 0.717) is 5.95 Å². The fourth-order valence-electron chi connectivity index (χ4n) is 2.69. The topological polar surface area (TPSA) is 59.8 Å². The first-order chi connectivity index (χ1) is 12.2. The largest absolute Gasteiger partial charge is 0.313 e. The number of anilines is 1. The van der Waals surface area contributed by atoms with Gasteiger partial charge < -0.3 is 4.57 Å². The Labute approximate surface area is 149 Å². The molecule has 0 bridgehead atoms. The average molecular weight is 348 g/mol. The summed E-state index contributed by atoms with van der Waals surface area (Å²) in [5.41, 5.74) is 3.67. The number of hydrogen-bond acceptors (Lipinski definition) is 4. The third-order valence-electron chi connectivity index (χ3n) is 3.95. The summed E-state index contributed by atoms with van der Waals surface area (Å²) in [6.07, 6.45) is 0.229. The van der Waals surface area contributed by atoms with Crippen molar-refractivity contribution in [3.05, 3.63) is 65.7 Å². The molecule has 0 aliphatic carbocycles. The third kappa shape index (κ3) is 3.16. The number of para-hydroxylation sites is 2. The van der Waals surface area contributed by atoms with Crippen LogP contribution in [0.5, 0.6) is 0 Å². The van der Waals surface area contributed by atoms with Gasteiger partial charge in [0, 0.05) is 18.0 Å². The molecular weight excluding hydrogens is 332 g/mol. The molecule has 0 aliphatic heterocycles. The molecule has 5 nitrogen and oxygen atoms in total. The maximum absolute atomic E-state index is 12.4. The number of benzene rings is 2. The summed E-state index contributed by atoms with van der Waals surface area (Å²) >= 11 is 1.55. The second-order valence-electron chi connectivity index (χ2n) is 5.72. The van der Waals surface area contributed by atoms with Gasteiger partial charge in [-0.15, -0.1) is 11.3 Å². The van der Waals surface area contributed by atoms with Crippen molar-refractivity contribution in [2.75, 3.05) is 5.32 Å². The number of thiazole rings is 1. The van der Waals surface area contributed by atoms with Gasteiger partial charge in [0.1, 0.15) is 5.01 Å². The van der Waals surface area contributed by atoms with Crippen LogP contribution in [0.15, 0.2) is 60.0 Å². The zero-order valence-corrected chi connectivity index (χ0v) is 14.5. The highest BCUT2D eigenvalue weighted by molar-refractivity contribution is 7.13. The molecular formula is C19H16N4OS. The molecule has 0 aliphatic rings. The third-order valence-corrected chi connectivity index (χ3v) is 4.89. The monoisotopic (exact) mass is 348 g/mol. The number of imidazole rings is 1. The fraction of sp³-hybridized carbons (Fsp3) is 0.105. The Bertz CT molecular complexity index is 1040. The minimum Gasteiger partial charge on any atom is -0.313 e. The summed E-state index contributed by atoms with van der Waals surface area (Å²) in [6.45, 7) is 0. The van der Waals surface area contributed by atoms with Gasteiger partial charge in [0.2, 0.25) is 11.9 Å². The van der Waals surface area contributed by atoms with E-state index in [1.54, 1.807) is 11.3 Å². The zero-order chi connectivity index (χ0) is 17.2. The second-order valence-corrected chi connectivity index (χ2v) is 6.58. The molecule has 2 aromatic heterocycles. The minimum atomic E-state index is -0.122. The molecule has 4 aromatic rings. The quantitative estimate of drug-likeness (QED) is 0.609. The number of amides is 1. The van der Waals surface area contributed by atoms with Crippen LogP contribution >= 0.6 is 11.3 Å². The molecule has 1 amide bonds. The van der Waals surface area contributed by atoms with Crippen LogP contribution in [0.25, 0.3) is 21.6 Å². The first-order valence-corrected chi connectivity index (χ1v) is 8.80. The average Bonchev–Trinajstić information content (AvgIpc) is 3.21. The molecule has 0 saturated heterocycles. The Morgan fingerprint density at radius 1 is 1.08 bits per heavy atom. The summed E-state index contributed by atoms with van der Waals surface area (Å²) in [5, 5.41) is 5.72. The number of rotatable bonds is 4. The Morgan fingerprint density at radius 2 is 1.84 bits per heavy atom. The zero-order valence-electron chi connectivity index (χ0n) is 13.6. The smallest absolute Gasteiger partial charge is 0.232 e. The number of nitrogens with one attached hydrogen (secondary N) is 1. The molecule has 0 fully saturated rings. The first kappa shape index (κ1) is 15.5. The molecule has 6 heteroatoms. The van der Waals surface area contributed by atoms with Gasteiger partial charge in [0.15, 0.2) is 0 Å². The predicted octanol–water partition coefficient (Wildman–Crippen LogP) is 3.88. The van der Waals surface area contributed by atoms with Crippen molar-refractivity contribution in [1.29, 1.82) is 0 Å². The van der Waals surface area contributed by atoms with Gasteiger partial charge in [-0.3, -0.25) is 10.1 Å². The second kappa shape index (κ2) is 6.49. The van der Waals surface area contributed by atoms with Gasteiger partial charge in [0.25, 0.3) is 0 Å². The molecule has 124 valence electrons. The van der Waals surface area contributed by atoms with E-state index in [9.17, 15) is 4.79 Å². The van der Waals surface area contributed by atoms with Crippen molar-refractivity contribution >= 4 is 34.2 Å². The molecule has 0 spiro atoms. The lowest BCUT2D eigenvalue weighted by Gasteiger charge is -2.04. The number of hydrogen-bond donors (Lipinski definition) is 1. The molecule has 2 aromatic carbocycles. The van der Waals surface area contributed by atoms with Crippen LogP contribution in [-0.2, 0) is 18.3 Å². The maximum atomic E-state index is 12.4. The van der Waals surface area contributed by atoms with Crippen LogP contribution < -0.4 is 5.32 Å². The standard InChI is InChI=1S/C19H16N4OS/c1-23-16-10-6-5-9-15(16)21-19(23)22-17(24)11-14-12-25-18(20-14)13-7-3-2-4-8-13/h2-10,12H,11H2,1H3,(H,21,22,24). The first-order valence-electron chi connectivity index (χ1n) is 7.92. The van der Waals surface area contributed by atoms with Gasteiger partial charge in [-0.05, 0) is 12.1 Å². The molecule has 4 rings (SSSR count). The van der Waals surface area contributed by atoms with Crippen LogP contribution in [0.2, 0.25) is 0 Å². The Morgan fingerprint density at radius 3 is 2.64 bits per heavy atom. The number of aromatic nitrogens is 3. The molecule has 0 radical (unpaired) electrons. The van der Waals surface area contributed by atoms with E-state index < -0.39 is 0 Å². The number of carbonyl (C=O) groups is 1. The van der Waals surface area contributed by atoms with E-state index in [-0.39, 0.29) is 12.3 Å². The normalized spacial score (nSPS) is 10.9. The Hall–Kier alpha value is -2.99. The predicted molar refractivity (Wildman–Crippen MR) is 101 cm³/mol. The summed E-state index contributed by atoms with van der Waals surface area (Å²) in [5.74, 6) is 0.424. The number of aryl methyl sites for hydroxylation is 1. The minimum absolute atomic E-state index is 0.122. The van der Waals surface area contributed by atoms with Crippen molar-refractivity contribution < 1.29 is 4.79 Å². The van der Waals surface area contributed by atoms with E-state index in [1.165, 1.54) is 0 Å². The van der Waals surface area contributed by atoms with Gasteiger partial charge in [-0.2, -0.15) is 0 Å². The van der Waals surface area contributed by atoms with Gasteiger partial charge >= 0.3 is 0 Å². The highest BCUT2D eigenvalue weighted by Crippen LogP contribution is 2.24. The van der Waals surface area contributed by atoms with Gasteiger partial charge in [-0.25, -0.2) is 9.97 Å². The summed E-state index contributed by atoms with van der Waals surface area (Å²) in [6, 6.07) is 17.8. The van der Waals surface area contributed by atoms with E-state index in [4.69, 9.17) is 0 Å². The molecule has 0 unspecified atom stereocenters. The molecule has 1 N–H and O–H groups in total. The maximum Gasteiger partial charge on any atom is 0.232 e. The van der Waals surface area contributed by atoms with Gasteiger partial charge in [0.05, 0.1) is 23.1 Å². The van der Waals surface area contributed by atoms with Crippen LogP contribution in [0.4, 0.5) is 5.95 Å². The van der Waals surface area contributed by atoms with Crippen LogP contribution in [-0.4, -0.2) is 20.4 Å². The van der Waals surface area contributed by atoms with Crippen molar-refractivity contribution in [2.24, 2.45) is 7.05 Å². The molecule has 0 atom stereocenters. The van der Waals surface area contributed by atoms with Crippen molar-refractivity contribution in [3.8, 4) is 10.6 Å².